The van der Waals surface area contributed by atoms with Crippen LogP contribution in [0.5, 0.6) is 5.75 Å². The van der Waals surface area contributed by atoms with Crippen molar-refractivity contribution in [3.63, 3.8) is 0 Å². The molecule has 1 aromatic carbocycles. The number of aromatic amines is 1. The lowest BCUT2D eigenvalue weighted by Crippen LogP contribution is -2.54. The van der Waals surface area contributed by atoms with Crippen molar-refractivity contribution < 1.29 is 29.7 Å². The van der Waals surface area contributed by atoms with Gasteiger partial charge in [0.2, 0.25) is 0 Å². The lowest BCUT2D eigenvalue weighted by Gasteiger charge is -2.58. The van der Waals surface area contributed by atoms with Crippen molar-refractivity contribution in [1.29, 1.82) is 0 Å². The lowest BCUT2D eigenvalue weighted by molar-refractivity contribution is -0.142. The standard InChI is InChI=1S/C34H41N3O6/c1-4-34(42)14-11-27-25-7-5-21-16-22(9-12-32(21,2)26(25)10-13-33(27,34)3)37-43-19-30(39)36-29(31(40)41)15-20-18-35-28-17-23(38)6-8-24(20)28/h1,6,8,16-18,25-27,29,35,38,42H,5,7,9-15,19H2,2-3H3,(H,36,39)(H,40,41)/t25-,26+,27-,29-,32+,33+,34+/m1/s1. The number of benzene rings is 1. The number of allylic oxidation sites excluding steroid dienone is 2. The first-order chi connectivity index (χ1) is 20.5. The van der Waals surface area contributed by atoms with Gasteiger partial charge in [-0.2, -0.15) is 0 Å². The van der Waals surface area contributed by atoms with E-state index in [2.05, 4.69) is 41.3 Å². The summed E-state index contributed by atoms with van der Waals surface area (Å²) in [6.07, 6.45) is 17.2. The highest BCUT2D eigenvalue weighted by molar-refractivity contribution is 5.96. The number of oxime groups is 1. The normalized spacial score (nSPS) is 34.8. The highest BCUT2D eigenvalue weighted by Gasteiger charge is 2.63. The number of nitrogens with one attached hydrogen (secondary N) is 2. The van der Waals surface area contributed by atoms with E-state index in [9.17, 15) is 24.9 Å². The zero-order valence-electron chi connectivity index (χ0n) is 24.9. The molecule has 9 heteroatoms. The molecule has 0 bridgehead atoms. The highest BCUT2D eigenvalue weighted by Crippen LogP contribution is 2.67. The number of aromatic nitrogens is 1. The summed E-state index contributed by atoms with van der Waals surface area (Å²) in [5.74, 6) is 2.71. The molecular formula is C34H41N3O6. The van der Waals surface area contributed by atoms with Gasteiger partial charge in [0.25, 0.3) is 5.91 Å². The number of carbonyl (C=O) groups excluding carboxylic acids is 1. The van der Waals surface area contributed by atoms with Crippen LogP contribution in [0.4, 0.5) is 0 Å². The van der Waals surface area contributed by atoms with Crippen LogP contribution in [0.2, 0.25) is 0 Å². The predicted octanol–water partition coefficient (Wildman–Crippen LogP) is 4.69. The number of phenolic OH excluding ortho intramolecular Hbond substituents is 1. The third-order valence-corrected chi connectivity index (χ3v) is 11.6. The summed E-state index contributed by atoms with van der Waals surface area (Å²) in [6.45, 7) is 4.22. The van der Waals surface area contributed by atoms with Crippen LogP contribution in [-0.4, -0.2) is 56.1 Å². The molecule has 4 aliphatic rings. The third-order valence-electron chi connectivity index (χ3n) is 11.6. The molecule has 43 heavy (non-hydrogen) atoms. The smallest absolute Gasteiger partial charge is 0.326 e. The van der Waals surface area contributed by atoms with E-state index in [1.807, 2.05) is 0 Å². The minimum atomic E-state index is -1.15. The Bertz CT molecular complexity index is 1550. The summed E-state index contributed by atoms with van der Waals surface area (Å²) in [6, 6.07) is 3.68. The molecule has 0 aliphatic heterocycles. The summed E-state index contributed by atoms with van der Waals surface area (Å²) in [5.41, 5.74) is 2.46. The van der Waals surface area contributed by atoms with Crippen LogP contribution in [0.25, 0.3) is 10.9 Å². The maximum Gasteiger partial charge on any atom is 0.326 e. The molecule has 0 unspecified atom stereocenters. The Morgan fingerprint density at radius 3 is 2.74 bits per heavy atom. The molecule has 228 valence electrons. The Balaban J connectivity index is 1.07. The van der Waals surface area contributed by atoms with Gasteiger partial charge in [-0.15, -0.1) is 6.42 Å². The minimum absolute atomic E-state index is 0.0767. The fourth-order valence-electron chi connectivity index (χ4n) is 9.07. The van der Waals surface area contributed by atoms with Crippen LogP contribution in [0.1, 0.15) is 70.8 Å². The minimum Gasteiger partial charge on any atom is -0.508 e. The number of carbonyl (C=O) groups is 2. The van der Waals surface area contributed by atoms with Crippen molar-refractivity contribution in [2.75, 3.05) is 6.61 Å². The van der Waals surface area contributed by atoms with E-state index in [4.69, 9.17) is 11.3 Å². The van der Waals surface area contributed by atoms with Gasteiger partial charge in [-0.25, -0.2) is 4.79 Å². The number of rotatable bonds is 7. The van der Waals surface area contributed by atoms with Crippen molar-refractivity contribution in [2.24, 2.45) is 33.7 Å². The quantitative estimate of drug-likeness (QED) is 0.235. The first-order valence-electron chi connectivity index (χ1n) is 15.4. The molecule has 3 fully saturated rings. The molecule has 6 rings (SSSR count). The second kappa shape index (κ2) is 10.7. The van der Waals surface area contributed by atoms with Crippen LogP contribution in [0.3, 0.4) is 0 Å². The van der Waals surface area contributed by atoms with Gasteiger partial charge < -0.3 is 30.5 Å². The van der Waals surface area contributed by atoms with E-state index >= 15 is 0 Å². The summed E-state index contributed by atoms with van der Waals surface area (Å²) < 4.78 is 0. The van der Waals surface area contributed by atoms with Gasteiger partial charge in [-0.1, -0.05) is 30.5 Å². The first-order valence-corrected chi connectivity index (χ1v) is 15.4. The fraction of sp³-hybridized carbons (Fsp3) is 0.559. The number of carboxylic acid groups (broad SMARTS) is 1. The van der Waals surface area contributed by atoms with Gasteiger partial charge in [0, 0.05) is 35.0 Å². The number of nitrogens with zero attached hydrogens (tertiary/aromatic N) is 1. The number of aromatic hydroxyl groups is 1. The third kappa shape index (κ3) is 4.90. The number of amides is 1. The number of hydrogen-bond donors (Lipinski definition) is 5. The molecule has 0 saturated heterocycles. The Morgan fingerprint density at radius 1 is 1.19 bits per heavy atom. The lowest BCUT2D eigenvalue weighted by atomic mass is 9.46. The van der Waals surface area contributed by atoms with E-state index in [-0.39, 0.29) is 29.6 Å². The summed E-state index contributed by atoms with van der Waals surface area (Å²) in [4.78, 5) is 32.9. The summed E-state index contributed by atoms with van der Waals surface area (Å²) in [7, 11) is 0. The number of fused-ring (bicyclic) bond motifs is 6. The molecule has 7 atom stereocenters. The molecule has 1 amide bonds. The molecule has 1 heterocycles. The maximum absolute atomic E-state index is 12.6. The van der Waals surface area contributed by atoms with Crippen molar-refractivity contribution in [3.05, 3.63) is 41.6 Å². The van der Waals surface area contributed by atoms with E-state index in [1.165, 1.54) is 11.6 Å². The molecule has 4 aliphatic carbocycles. The Kier molecular flexibility index (Phi) is 7.32. The average molecular weight is 588 g/mol. The summed E-state index contributed by atoms with van der Waals surface area (Å²) in [5, 5.41) is 38.2. The van der Waals surface area contributed by atoms with Crippen LogP contribution >= 0.6 is 0 Å². The summed E-state index contributed by atoms with van der Waals surface area (Å²) >= 11 is 0. The van der Waals surface area contributed by atoms with Crippen molar-refractivity contribution >= 4 is 28.5 Å². The number of aliphatic carboxylic acids is 1. The molecule has 3 saturated carbocycles. The SMILES string of the molecule is C#C[C@]1(O)CC[C@@H]2[C@@H]3CCC4=CC(=NOCC(=O)N[C@H](Cc5c[nH]c6cc(O)ccc56)C(=O)O)CC[C@]4(C)[C@H]3CC[C@@]21C. The number of hydrogen-bond acceptors (Lipinski definition) is 6. The molecule has 5 N–H and O–H groups in total. The van der Waals surface area contributed by atoms with Gasteiger partial charge in [0.15, 0.2) is 6.61 Å². The van der Waals surface area contributed by atoms with Gasteiger partial charge >= 0.3 is 5.97 Å². The maximum atomic E-state index is 12.6. The van der Waals surface area contributed by atoms with Gasteiger partial charge in [0.05, 0.1) is 5.71 Å². The first kappa shape index (κ1) is 29.3. The average Bonchev–Trinajstić information content (AvgIpc) is 3.49. The van der Waals surface area contributed by atoms with E-state index in [1.54, 1.807) is 18.3 Å². The van der Waals surface area contributed by atoms with Crippen LogP contribution in [-0.2, 0) is 20.8 Å². The van der Waals surface area contributed by atoms with Gasteiger partial charge in [-0.05, 0) is 98.3 Å². The Hall–Kier alpha value is -3.77. The number of aliphatic hydroxyl groups is 1. The number of phenols is 1. The van der Waals surface area contributed by atoms with Crippen molar-refractivity contribution in [1.82, 2.24) is 10.3 Å². The second-order valence-corrected chi connectivity index (χ2v) is 13.6. The fourth-order valence-corrected chi connectivity index (χ4v) is 9.07. The van der Waals surface area contributed by atoms with Crippen LogP contribution < -0.4 is 5.32 Å². The molecule has 1 aromatic heterocycles. The topological polar surface area (TPSA) is 144 Å². The van der Waals surface area contributed by atoms with Gasteiger partial charge in [-0.3, -0.25) is 4.79 Å². The Labute approximate surface area is 251 Å². The van der Waals surface area contributed by atoms with E-state index in [0.717, 1.165) is 61.6 Å². The number of carboxylic acids is 1. The van der Waals surface area contributed by atoms with Gasteiger partial charge in [0.1, 0.15) is 17.4 Å². The monoisotopic (exact) mass is 587 g/mol. The molecular weight excluding hydrogens is 546 g/mol. The Morgan fingerprint density at radius 2 is 1.98 bits per heavy atom. The zero-order chi connectivity index (χ0) is 30.6. The van der Waals surface area contributed by atoms with E-state index in [0.29, 0.717) is 29.7 Å². The van der Waals surface area contributed by atoms with Crippen molar-refractivity contribution in [2.45, 2.75) is 83.3 Å². The predicted molar refractivity (Wildman–Crippen MR) is 162 cm³/mol. The van der Waals surface area contributed by atoms with Crippen LogP contribution in [0.15, 0.2) is 41.2 Å². The largest absolute Gasteiger partial charge is 0.508 e. The van der Waals surface area contributed by atoms with Crippen molar-refractivity contribution in [3.8, 4) is 18.1 Å². The number of H-pyrrole nitrogens is 1. The van der Waals surface area contributed by atoms with E-state index < -0.39 is 23.5 Å². The van der Waals surface area contributed by atoms with Crippen LogP contribution in [0, 0.1) is 40.9 Å². The molecule has 2 aromatic rings. The molecule has 0 radical (unpaired) electrons. The molecule has 0 spiro atoms. The highest BCUT2D eigenvalue weighted by atomic mass is 16.6. The second-order valence-electron chi connectivity index (χ2n) is 13.6. The molecule has 9 nitrogen and oxygen atoms in total. The zero-order valence-corrected chi connectivity index (χ0v) is 24.9. The number of terminal acetylenes is 1.